The monoisotopic (exact) mass is 333 g/mol. The molecule has 1 atom stereocenters. The number of halogens is 3. The van der Waals surface area contributed by atoms with E-state index in [2.05, 4.69) is 4.74 Å². The zero-order valence-corrected chi connectivity index (χ0v) is 12.9. The first kappa shape index (κ1) is 17.0. The number of carbonyl (C=O) groups excluding carboxylic acids is 1. The van der Waals surface area contributed by atoms with Crippen LogP contribution in [0, 0.1) is 0 Å². The van der Waals surface area contributed by atoms with Gasteiger partial charge in [-0.3, -0.25) is 4.79 Å². The molecule has 0 saturated heterocycles. The van der Waals surface area contributed by atoms with Gasteiger partial charge in [-0.2, -0.15) is 8.78 Å². The molecule has 0 spiro atoms. The molecule has 0 aromatic heterocycles. The highest BCUT2D eigenvalue weighted by Gasteiger charge is 2.44. The normalized spacial score (nSPS) is 17.3. The fraction of sp³-hybridized carbons (Fsp3) is 0.533. The Kier molecular flexibility index (Phi) is 5.24. The van der Waals surface area contributed by atoms with E-state index in [1.165, 1.54) is 6.07 Å². The van der Waals surface area contributed by atoms with Gasteiger partial charge in [-0.25, -0.2) is 0 Å². The summed E-state index contributed by atoms with van der Waals surface area (Å²) < 4.78 is 38.5. The number of esters is 1. The average Bonchev–Trinajstić information content (AvgIpc) is 3.00. The Hall–Kier alpha value is -1.40. The van der Waals surface area contributed by atoms with Crippen LogP contribution >= 0.6 is 11.6 Å². The van der Waals surface area contributed by atoms with E-state index >= 15 is 0 Å². The van der Waals surface area contributed by atoms with E-state index in [9.17, 15) is 13.6 Å². The number of benzene rings is 1. The van der Waals surface area contributed by atoms with Crippen LogP contribution in [0.3, 0.4) is 0 Å². The van der Waals surface area contributed by atoms with Crippen LogP contribution in [0.2, 0.25) is 5.02 Å². The van der Waals surface area contributed by atoms with E-state index in [0.717, 1.165) is 44.9 Å². The maximum absolute atomic E-state index is 14.3. The molecule has 1 unspecified atom stereocenters. The number of hydrogen-bond acceptors (Lipinski definition) is 4. The molecule has 7 heteroatoms. The van der Waals surface area contributed by atoms with Crippen LogP contribution in [-0.2, 0) is 15.5 Å². The SMILES string of the molecule is COC(=O)C(N)C(F)(F)c1ccc(Cl)c(OC2CCCC2)c1. The van der Waals surface area contributed by atoms with E-state index in [1.54, 1.807) is 0 Å². The van der Waals surface area contributed by atoms with Crippen LogP contribution in [-0.4, -0.2) is 25.2 Å². The predicted octanol–water partition coefficient (Wildman–Crippen LogP) is 3.25. The Morgan fingerprint density at radius 3 is 2.64 bits per heavy atom. The molecule has 2 N–H and O–H groups in total. The van der Waals surface area contributed by atoms with Crippen LogP contribution < -0.4 is 10.5 Å². The lowest BCUT2D eigenvalue weighted by atomic mass is 10.0. The minimum atomic E-state index is -3.58. The zero-order valence-electron chi connectivity index (χ0n) is 12.2. The van der Waals surface area contributed by atoms with Crippen LogP contribution in [0.15, 0.2) is 18.2 Å². The molecular weight excluding hydrogens is 316 g/mol. The molecule has 0 bridgehead atoms. The smallest absolute Gasteiger partial charge is 0.329 e. The first-order valence-electron chi connectivity index (χ1n) is 7.04. The second-order valence-corrected chi connectivity index (χ2v) is 5.70. The minimum absolute atomic E-state index is 0.0179. The number of ether oxygens (including phenoxy) is 2. The van der Waals surface area contributed by atoms with Gasteiger partial charge in [0.2, 0.25) is 0 Å². The van der Waals surface area contributed by atoms with Crippen LogP contribution in [0.4, 0.5) is 8.78 Å². The van der Waals surface area contributed by atoms with E-state index in [4.69, 9.17) is 22.1 Å². The maximum atomic E-state index is 14.3. The summed E-state index contributed by atoms with van der Waals surface area (Å²) in [6.45, 7) is 0. The first-order chi connectivity index (χ1) is 10.4. The molecule has 1 aromatic rings. The molecule has 0 amide bonds. The molecule has 1 saturated carbocycles. The summed E-state index contributed by atoms with van der Waals surface area (Å²) in [6.07, 6.45) is 3.82. The topological polar surface area (TPSA) is 61.5 Å². The van der Waals surface area contributed by atoms with E-state index in [-0.39, 0.29) is 16.9 Å². The van der Waals surface area contributed by atoms with Crippen molar-refractivity contribution in [3.05, 3.63) is 28.8 Å². The van der Waals surface area contributed by atoms with Crippen molar-refractivity contribution in [1.82, 2.24) is 0 Å². The van der Waals surface area contributed by atoms with Crippen molar-refractivity contribution in [1.29, 1.82) is 0 Å². The highest BCUT2D eigenvalue weighted by atomic mass is 35.5. The molecule has 1 aliphatic rings. The lowest BCUT2D eigenvalue weighted by Gasteiger charge is -2.23. The van der Waals surface area contributed by atoms with Crippen molar-refractivity contribution in [3.63, 3.8) is 0 Å². The number of carbonyl (C=O) groups is 1. The Morgan fingerprint density at radius 1 is 1.41 bits per heavy atom. The molecule has 22 heavy (non-hydrogen) atoms. The molecule has 1 aliphatic carbocycles. The molecular formula is C15H18ClF2NO3. The van der Waals surface area contributed by atoms with Gasteiger partial charge in [-0.1, -0.05) is 17.7 Å². The number of rotatable bonds is 5. The average molecular weight is 334 g/mol. The van der Waals surface area contributed by atoms with Crippen LogP contribution in [0.1, 0.15) is 31.2 Å². The summed E-state index contributed by atoms with van der Waals surface area (Å²) in [4.78, 5) is 11.3. The summed E-state index contributed by atoms with van der Waals surface area (Å²) in [5.41, 5.74) is 4.86. The van der Waals surface area contributed by atoms with Crippen molar-refractivity contribution in [3.8, 4) is 5.75 Å². The Morgan fingerprint density at radius 2 is 2.05 bits per heavy atom. The predicted molar refractivity (Wildman–Crippen MR) is 78.2 cm³/mol. The van der Waals surface area contributed by atoms with Gasteiger partial charge in [-0.05, 0) is 37.8 Å². The standard InChI is InChI=1S/C15H18ClF2NO3/c1-21-14(20)13(19)15(17,18)9-6-7-11(16)12(8-9)22-10-4-2-3-5-10/h6-8,10,13H,2-5,19H2,1H3. The molecule has 122 valence electrons. The molecule has 0 aliphatic heterocycles. The van der Waals surface area contributed by atoms with Gasteiger partial charge in [0.1, 0.15) is 5.75 Å². The molecule has 2 rings (SSSR count). The fourth-order valence-corrected chi connectivity index (χ4v) is 2.60. The largest absolute Gasteiger partial charge is 0.489 e. The van der Waals surface area contributed by atoms with Gasteiger partial charge in [0, 0.05) is 5.56 Å². The molecule has 0 heterocycles. The summed E-state index contributed by atoms with van der Waals surface area (Å²) in [7, 11) is 1.01. The Balaban J connectivity index is 2.25. The second-order valence-electron chi connectivity index (χ2n) is 5.29. The van der Waals surface area contributed by atoms with Crippen molar-refractivity contribution >= 4 is 17.6 Å². The van der Waals surface area contributed by atoms with E-state index < -0.39 is 23.5 Å². The number of nitrogens with two attached hydrogens (primary N) is 1. The third kappa shape index (κ3) is 3.50. The Labute approximate surface area is 132 Å². The fourth-order valence-electron chi connectivity index (χ4n) is 2.44. The summed E-state index contributed by atoms with van der Waals surface area (Å²) >= 11 is 6.00. The molecule has 1 fully saturated rings. The van der Waals surface area contributed by atoms with Gasteiger partial charge in [0.15, 0.2) is 6.04 Å². The molecule has 4 nitrogen and oxygen atoms in total. The second kappa shape index (κ2) is 6.79. The van der Waals surface area contributed by atoms with Gasteiger partial charge in [0.25, 0.3) is 5.92 Å². The third-order valence-electron chi connectivity index (χ3n) is 3.76. The van der Waals surface area contributed by atoms with Crippen LogP contribution in [0.25, 0.3) is 0 Å². The molecule has 1 aromatic carbocycles. The first-order valence-corrected chi connectivity index (χ1v) is 7.42. The lowest BCUT2D eigenvalue weighted by molar-refractivity contribution is -0.153. The van der Waals surface area contributed by atoms with Crippen LogP contribution in [0.5, 0.6) is 5.75 Å². The van der Waals surface area contributed by atoms with Gasteiger partial charge < -0.3 is 15.2 Å². The zero-order chi connectivity index (χ0) is 16.3. The van der Waals surface area contributed by atoms with E-state index in [0.29, 0.717) is 0 Å². The summed E-state index contributed by atoms with van der Waals surface area (Å²) in [5.74, 6) is -4.58. The van der Waals surface area contributed by atoms with Crippen molar-refractivity contribution in [2.45, 2.75) is 43.8 Å². The maximum Gasteiger partial charge on any atom is 0.329 e. The number of alkyl halides is 2. The lowest BCUT2D eigenvalue weighted by Crippen LogP contribution is -2.45. The Bertz CT molecular complexity index is 548. The quantitative estimate of drug-likeness (QED) is 0.840. The highest BCUT2D eigenvalue weighted by molar-refractivity contribution is 6.32. The van der Waals surface area contributed by atoms with E-state index in [1.807, 2.05) is 0 Å². The number of methoxy groups -OCH3 is 1. The summed E-state index contributed by atoms with van der Waals surface area (Å²) in [5, 5.41) is 0.248. The minimum Gasteiger partial charge on any atom is -0.489 e. The van der Waals surface area contributed by atoms with Crippen molar-refractivity contribution in [2.75, 3.05) is 7.11 Å². The molecule has 0 radical (unpaired) electrons. The van der Waals surface area contributed by atoms with Gasteiger partial charge >= 0.3 is 5.97 Å². The van der Waals surface area contributed by atoms with Crippen molar-refractivity contribution in [2.24, 2.45) is 5.73 Å². The van der Waals surface area contributed by atoms with Crippen molar-refractivity contribution < 1.29 is 23.0 Å². The third-order valence-corrected chi connectivity index (χ3v) is 4.07. The highest BCUT2D eigenvalue weighted by Crippen LogP contribution is 2.37. The summed E-state index contributed by atoms with van der Waals surface area (Å²) in [6, 6.07) is 1.51. The number of hydrogen-bond donors (Lipinski definition) is 1. The van der Waals surface area contributed by atoms with Gasteiger partial charge in [-0.15, -0.1) is 0 Å². The van der Waals surface area contributed by atoms with Gasteiger partial charge in [0.05, 0.1) is 18.2 Å².